The average Bonchev–Trinajstić information content (AvgIpc) is 2.46. The molecule has 2 N–H and O–H groups in total. The Morgan fingerprint density at radius 3 is 2.85 bits per heavy atom. The third-order valence-electron chi connectivity index (χ3n) is 2.68. The molecule has 1 heterocycles. The van der Waals surface area contributed by atoms with Gasteiger partial charge in [-0.25, -0.2) is 4.98 Å². The van der Waals surface area contributed by atoms with Gasteiger partial charge in [0.25, 0.3) is 0 Å². The molecular formula is C14H14ClN3O2. The van der Waals surface area contributed by atoms with E-state index >= 15 is 0 Å². The summed E-state index contributed by atoms with van der Waals surface area (Å²) in [7, 11) is 1.54. The number of aromatic nitrogens is 1. The fourth-order valence-corrected chi connectivity index (χ4v) is 1.77. The van der Waals surface area contributed by atoms with Crippen LogP contribution in [0.1, 0.15) is 12.5 Å². The van der Waals surface area contributed by atoms with Crippen molar-refractivity contribution in [3.05, 3.63) is 47.1 Å². The third-order valence-corrected chi connectivity index (χ3v) is 2.99. The highest BCUT2D eigenvalue weighted by molar-refractivity contribution is 6.32. The SMILES string of the molecule is COc1ccc(C(C)=NNc2ncccc2Cl)c(O)c1. The highest BCUT2D eigenvalue weighted by Gasteiger charge is 2.07. The van der Waals surface area contributed by atoms with Crippen LogP contribution in [0.3, 0.4) is 0 Å². The van der Waals surface area contributed by atoms with Crippen LogP contribution in [0.25, 0.3) is 0 Å². The molecule has 2 rings (SSSR count). The van der Waals surface area contributed by atoms with E-state index in [1.165, 1.54) is 6.07 Å². The molecule has 0 radical (unpaired) electrons. The van der Waals surface area contributed by atoms with Crippen molar-refractivity contribution in [2.45, 2.75) is 6.92 Å². The first kappa shape index (κ1) is 14.1. The lowest BCUT2D eigenvalue weighted by Gasteiger charge is -2.07. The number of phenolic OH excluding ortho intramolecular Hbond substituents is 1. The Morgan fingerprint density at radius 1 is 1.40 bits per heavy atom. The summed E-state index contributed by atoms with van der Waals surface area (Å²) in [5.41, 5.74) is 3.98. The van der Waals surface area contributed by atoms with Crippen LogP contribution in [-0.4, -0.2) is 22.9 Å². The lowest BCUT2D eigenvalue weighted by atomic mass is 10.1. The summed E-state index contributed by atoms with van der Waals surface area (Å²) in [5, 5.41) is 14.6. The average molecular weight is 292 g/mol. The van der Waals surface area contributed by atoms with Crippen molar-refractivity contribution in [2.75, 3.05) is 12.5 Å². The van der Waals surface area contributed by atoms with Gasteiger partial charge in [0, 0.05) is 17.8 Å². The molecule has 1 aromatic carbocycles. The summed E-state index contributed by atoms with van der Waals surface area (Å²) < 4.78 is 5.03. The molecule has 0 saturated carbocycles. The summed E-state index contributed by atoms with van der Waals surface area (Å²) in [4.78, 5) is 4.06. The first-order valence-corrected chi connectivity index (χ1v) is 6.28. The Kier molecular flexibility index (Phi) is 4.42. The predicted molar refractivity (Wildman–Crippen MR) is 79.7 cm³/mol. The number of anilines is 1. The van der Waals surface area contributed by atoms with Gasteiger partial charge in [-0.2, -0.15) is 5.10 Å². The zero-order valence-electron chi connectivity index (χ0n) is 11.1. The van der Waals surface area contributed by atoms with Crippen molar-refractivity contribution in [1.82, 2.24) is 4.98 Å². The van der Waals surface area contributed by atoms with Crippen molar-refractivity contribution in [1.29, 1.82) is 0 Å². The lowest BCUT2D eigenvalue weighted by Crippen LogP contribution is -2.01. The van der Waals surface area contributed by atoms with Crippen LogP contribution in [0.4, 0.5) is 5.82 Å². The zero-order chi connectivity index (χ0) is 14.5. The van der Waals surface area contributed by atoms with Crippen LogP contribution in [-0.2, 0) is 0 Å². The maximum Gasteiger partial charge on any atom is 0.165 e. The van der Waals surface area contributed by atoms with E-state index in [0.717, 1.165) is 0 Å². The molecule has 0 aliphatic rings. The number of hydrogen-bond donors (Lipinski definition) is 2. The number of aromatic hydroxyl groups is 1. The topological polar surface area (TPSA) is 66.7 Å². The van der Waals surface area contributed by atoms with Gasteiger partial charge >= 0.3 is 0 Å². The fourth-order valence-electron chi connectivity index (χ4n) is 1.61. The highest BCUT2D eigenvalue weighted by atomic mass is 35.5. The number of pyridine rings is 1. The minimum absolute atomic E-state index is 0.0968. The summed E-state index contributed by atoms with van der Waals surface area (Å²) in [6.45, 7) is 1.77. The molecule has 0 saturated heterocycles. The molecule has 0 bridgehead atoms. The number of rotatable bonds is 4. The van der Waals surface area contributed by atoms with Gasteiger partial charge < -0.3 is 9.84 Å². The Balaban J connectivity index is 2.21. The molecule has 20 heavy (non-hydrogen) atoms. The minimum Gasteiger partial charge on any atom is -0.507 e. The summed E-state index contributed by atoms with van der Waals surface area (Å²) in [5.74, 6) is 1.14. The standard InChI is InChI=1S/C14H14ClN3O2/c1-9(11-6-5-10(20-2)8-13(11)19)17-18-14-12(15)4-3-7-16-14/h3-8,19H,1-2H3,(H,16,18). The van der Waals surface area contributed by atoms with Gasteiger partial charge in [0.1, 0.15) is 11.5 Å². The Labute approximate surface area is 121 Å². The van der Waals surface area contributed by atoms with Crippen molar-refractivity contribution in [3.63, 3.8) is 0 Å². The first-order valence-electron chi connectivity index (χ1n) is 5.90. The number of phenols is 1. The van der Waals surface area contributed by atoms with Crippen LogP contribution >= 0.6 is 11.6 Å². The molecule has 6 heteroatoms. The molecule has 0 aliphatic heterocycles. The number of hydrogen-bond acceptors (Lipinski definition) is 5. The first-order chi connectivity index (χ1) is 9.61. The molecular weight excluding hydrogens is 278 g/mol. The minimum atomic E-state index is 0.0968. The van der Waals surface area contributed by atoms with Crippen molar-refractivity contribution >= 4 is 23.1 Å². The van der Waals surface area contributed by atoms with Crippen LogP contribution in [0.15, 0.2) is 41.6 Å². The largest absolute Gasteiger partial charge is 0.507 e. The lowest BCUT2D eigenvalue weighted by molar-refractivity contribution is 0.407. The van der Waals surface area contributed by atoms with E-state index in [1.54, 1.807) is 44.5 Å². The van der Waals surface area contributed by atoms with Crippen LogP contribution < -0.4 is 10.2 Å². The molecule has 0 aliphatic carbocycles. The summed E-state index contributed by atoms with van der Waals surface area (Å²) in [6.07, 6.45) is 1.62. The molecule has 0 spiro atoms. The summed E-state index contributed by atoms with van der Waals surface area (Å²) >= 11 is 5.96. The molecule has 2 aromatic rings. The van der Waals surface area contributed by atoms with Crippen molar-refractivity contribution in [2.24, 2.45) is 5.10 Å². The number of ether oxygens (including phenoxy) is 1. The zero-order valence-corrected chi connectivity index (χ0v) is 11.8. The van der Waals surface area contributed by atoms with Gasteiger partial charge in [0.2, 0.25) is 0 Å². The maximum absolute atomic E-state index is 9.91. The number of halogens is 1. The molecule has 0 atom stereocenters. The second kappa shape index (κ2) is 6.25. The Morgan fingerprint density at radius 2 is 2.20 bits per heavy atom. The predicted octanol–water partition coefficient (Wildman–Crippen LogP) is 3.29. The Bertz CT molecular complexity index is 644. The molecule has 104 valence electrons. The molecule has 1 aromatic heterocycles. The van der Waals surface area contributed by atoms with Crippen molar-refractivity contribution in [3.8, 4) is 11.5 Å². The van der Waals surface area contributed by atoms with Gasteiger partial charge in [0.15, 0.2) is 5.82 Å². The monoisotopic (exact) mass is 291 g/mol. The Hall–Kier alpha value is -2.27. The fraction of sp³-hybridized carbons (Fsp3) is 0.143. The summed E-state index contributed by atoms with van der Waals surface area (Å²) in [6, 6.07) is 8.46. The molecule has 5 nitrogen and oxygen atoms in total. The number of nitrogens with zero attached hydrogens (tertiary/aromatic N) is 2. The highest BCUT2D eigenvalue weighted by Crippen LogP contribution is 2.24. The van der Waals surface area contributed by atoms with E-state index in [4.69, 9.17) is 16.3 Å². The second-order valence-electron chi connectivity index (χ2n) is 4.03. The number of methoxy groups -OCH3 is 1. The molecule has 0 fully saturated rings. The third kappa shape index (κ3) is 3.19. The van der Waals surface area contributed by atoms with E-state index in [9.17, 15) is 5.11 Å². The van der Waals surface area contributed by atoms with Crippen LogP contribution in [0.2, 0.25) is 5.02 Å². The number of hydrazone groups is 1. The van der Waals surface area contributed by atoms with Gasteiger partial charge in [-0.15, -0.1) is 0 Å². The smallest absolute Gasteiger partial charge is 0.165 e. The van der Waals surface area contributed by atoms with E-state index in [2.05, 4.69) is 15.5 Å². The number of nitrogens with one attached hydrogen (secondary N) is 1. The van der Waals surface area contributed by atoms with Crippen molar-refractivity contribution < 1.29 is 9.84 Å². The maximum atomic E-state index is 9.91. The molecule has 0 unspecified atom stereocenters. The van der Waals surface area contributed by atoms with Gasteiger partial charge in [-0.3, -0.25) is 5.43 Å². The van der Waals surface area contributed by atoms with Gasteiger partial charge in [-0.1, -0.05) is 11.6 Å². The quantitative estimate of drug-likeness (QED) is 0.670. The van der Waals surface area contributed by atoms with Gasteiger partial charge in [0.05, 0.1) is 17.8 Å². The number of benzene rings is 1. The van der Waals surface area contributed by atoms with Gasteiger partial charge in [-0.05, 0) is 31.2 Å². The van der Waals surface area contributed by atoms with Crippen LogP contribution in [0.5, 0.6) is 11.5 Å². The van der Waals surface area contributed by atoms with E-state index < -0.39 is 0 Å². The van der Waals surface area contributed by atoms with E-state index in [1.807, 2.05) is 0 Å². The second-order valence-corrected chi connectivity index (χ2v) is 4.43. The van der Waals surface area contributed by atoms with E-state index in [-0.39, 0.29) is 5.75 Å². The van der Waals surface area contributed by atoms with E-state index in [0.29, 0.717) is 27.9 Å². The normalized spacial score (nSPS) is 11.2. The van der Waals surface area contributed by atoms with Crippen LogP contribution in [0, 0.1) is 0 Å². The molecule has 0 amide bonds.